The third kappa shape index (κ3) is 3.41. The van der Waals surface area contributed by atoms with Crippen LogP contribution in [-0.4, -0.2) is 23.8 Å². The Bertz CT molecular complexity index is 772. The summed E-state index contributed by atoms with van der Waals surface area (Å²) in [5.74, 6) is -0.592. The van der Waals surface area contributed by atoms with Crippen LogP contribution in [0.3, 0.4) is 0 Å². The first-order valence-corrected chi connectivity index (χ1v) is 7.63. The number of carbonyl (C=O) groups excluding carboxylic acids is 1. The summed E-state index contributed by atoms with van der Waals surface area (Å²) >= 11 is 0. The highest BCUT2D eigenvalue weighted by Crippen LogP contribution is 2.33. The molecule has 1 heterocycles. The van der Waals surface area contributed by atoms with E-state index in [9.17, 15) is 18.0 Å². The third-order valence-electron chi connectivity index (χ3n) is 4.03. The molecule has 1 aliphatic heterocycles. The topological polar surface area (TPSA) is 20.3 Å². The smallest absolute Gasteiger partial charge is 0.292 e. The molecule has 3 rings (SSSR count). The van der Waals surface area contributed by atoms with Gasteiger partial charge in [0, 0.05) is 30.8 Å². The summed E-state index contributed by atoms with van der Waals surface area (Å²) in [5, 5.41) is 0. The first kappa shape index (κ1) is 16.5. The van der Waals surface area contributed by atoms with Gasteiger partial charge in [0.25, 0.3) is 0 Å². The second kappa shape index (κ2) is 6.61. The van der Waals surface area contributed by atoms with Crippen molar-refractivity contribution in [2.75, 3.05) is 13.1 Å². The van der Waals surface area contributed by atoms with Crippen molar-refractivity contribution in [2.24, 2.45) is 0 Å². The molecule has 0 unspecified atom stereocenters. The van der Waals surface area contributed by atoms with E-state index in [-0.39, 0.29) is 5.56 Å². The highest BCUT2D eigenvalue weighted by atomic mass is 19.4. The fourth-order valence-corrected chi connectivity index (χ4v) is 2.84. The van der Waals surface area contributed by atoms with Crippen LogP contribution in [0.25, 0.3) is 0 Å². The summed E-state index contributed by atoms with van der Waals surface area (Å²) < 4.78 is 39.6. The Hall–Kier alpha value is -2.40. The molecule has 0 N–H and O–H groups in total. The molecular weight excluding hydrogens is 315 g/mol. The maximum atomic E-state index is 13.2. The number of nitrogens with zero attached hydrogens (tertiary/aromatic N) is 1. The standard InChI is InChI=1S/C19H16F3NO/c20-19(21,22)17-10-4-3-9-16(17)18(24)15-8-2-1-7-14(15)13-23-11-5-6-12-23/h1-10H,11-13H2. The summed E-state index contributed by atoms with van der Waals surface area (Å²) in [6, 6.07) is 11.8. The van der Waals surface area contributed by atoms with Gasteiger partial charge in [0.2, 0.25) is 0 Å². The lowest BCUT2D eigenvalue weighted by Gasteiger charge is -2.18. The molecule has 0 fully saturated rings. The fourth-order valence-electron chi connectivity index (χ4n) is 2.84. The minimum Gasteiger partial charge on any atom is -0.292 e. The van der Waals surface area contributed by atoms with Gasteiger partial charge in [-0.05, 0) is 11.6 Å². The largest absolute Gasteiger partial charge is 0.417 e. The molecule has 0 saturated heterocycles. The molecule has 24 heavy (non-hydrogen) atoms. The zero-order valence-electron chi connectivity index (χ0n) is 12.9. The van der Waals surface area contributed by atoms with E-state index in [1.807, 2.05) is 12.2 Å². The number of ketones is 1. The molecular formula is C19H16F3NO. The van der Waals surface area contributed by atoms with Crippen molar-refractivity contribution in [1.82, 2.24) is 4.90 Å². The van der Waals surface area contributed by atoms with Crippen molar-refractivity contribution in [2.45, 2.75) is 12.7 Å². The minimum atomic E-state index is -4.56. The Labute approximate surface area is 138 Å². The van der Waals surface area contributed by atoms with E-state index in [0.717, 1.165) is 24.7 Å². The molecule has 2 aromatic rings. The molecule has 5 heteroatoms. The second-order valence-electron chi connectivity index (χ2n) is 5.70. The van der Waals surface area contributed by atoms with Crippen LogP contribution in [-0.2, 0) is 12.7 Å². The van der Waals surface area contributed by atoms with Gasteiger partial charge in [0.15, 0.2) is 5.78 Å². The van der Waals surface area contributed by atoms with Crippen LogP contribution in [0.15, 0.2) is 60.7 Å². The number of halogens is 3. The van der Waals surface area contributed by atoms with E-state index in [0.29, 0.717) is 12.1 Å². The molecule has 0 aliphatic carbocycles. The lowest BCUT2D eigenvalue weighted by Crippen LogP contribution is -2.21. The van der Waals surface area contributed by atoms with Crippen LogP contribution in [0, 0.1) is 0 Å². The molecule has 0 atom stereocenters. The monoisotopic (exact) mass is 331 g/mol. The molecule has 0 spiro atoms. The predicted octanol–water partition coefficient (Wildman–Crippen LogP) is 4.31. The molecule has 0 saturated carbocycles. The van der Waals surface area contributed by atoms with Gasteiger partial charge in [-0.2, -0.15) is 13.2 Å². The molecule has 1 aliphatic rings. The van der Waals surface area contributed by atoms with Crippen LogP contribution in [0.1, 0.15) is 27.0 Å². The molecule has 2 nitrogen and oxygen atoms in total. The summed E-state index contributed by atoms with van der Waals surface area (Å²) in [5.41, 5.74) is -0.145. The highest BCUT2D eigenvalue weighted by Gasteiger charge is 2.35. The lowest BCUT2D eigenvalue weighted by molar-refractivity contribution is -0.137. The highest BCUT2D eigenvalue weighted by molar-refractivity contribution is 6.10. The van der Waals surface area contributed by atoms with Gasteiger partial charge >= 0.3 is 6.18 Å². The van der Waals surface area contributed by atoms with Crippen LogP contribution in [0.4, 0.5) is 13.2 Å². The van der Waals surface area contributed by atoms with Crippen LogP contribution < -0.4 is 0 Å². The van der Waals surface area contributed by atoms with Gasteiger partial charge in [0.1, 0.15) is 0 Å². The van der Waals surface area contributed by atoms with Crippen molar-refractivity contribution in [1.29, 1.82) is 0 Å². The van der Waals surface area contributed by atoms with E-state index in [1.54, 1.807) is 24.3 Å². The number of rotatable bonds is 4. The predicted molar refractivity (Wildman–Crippen MR) is 85.7 cm³/mol. The van der Waals surface area contributed by atoms with Gasteiger partial charge in [0.05, 0.1) is 5.56 Å². The first-order chi connectivity index (χ1) is 11.5. The molecule has 0 amide bonds. The third-order valence-corrected chi connectivity index (χ3v) is 4.03. The Morgan fingerprint density at radius 1 is 0.917 bits per heavy atom. The van der Waals surface area contributed by atoms with E-state index in [1.165, 1.54) is 18.2 Å². The van der Waals surface area contributed by atoms with Crippen LogP contribution in [0.2, 0.25) is 0 Å². The maximum Gasteiger partial charge on any atom is 0.417 e. The zero-order chi connectivity index (χ0) is 17.2. The molecule has 0 aromatic heterocycles. The number of hydrogen-bond donors (Lipinski definition) is 0. The Morgan fingerprint density at radius 2 is 1.50 bits per heavy atom. The average Bonchev–Trinajstić information content (AvgIpc) is 3.07. The van der Waals surface area contributed by atoms with Crippen molar-refractivity contribution in [3.8, 4) is 0 Å². The average molecular weight is 331 g/mol. The second-order valence-corrected chi connectivity index (χ2v) is 5.70. The number of alkyl halides is 3. The number of carbonyl (C=O) groups is 1. The lowest BCUT2D eigenvalue weighted by atomic mass is 9.94. The van der Waals surface area contributed by atoms with Gasteiger partial charge in [-0.15, -0.1) is 0 Å². The van der Waals surface area contributed by atoms with Crippen molar-refractivity contribution in [3.63, 3.8) is 0 Å². The van der Waals surface area contributed by atoms with Gasteiger partial charge in [-0.3, -0.25) is 9.69 Å². The van der Waals surface area contributed by atoms with E-state index >= 15 is 0 Å². The van der Waals surface area contributed by atoms with Crippen LogP contribution >= 0.6 is 0 Å². The minimum absolute atomic E-state index is 0.308. The summed E-state index contributed by atoms with van der Waals surface area (Å²) in [7, 11) is 0. The van der Waals surface area contributed by atoms with Crippen LogP contribution in [0.5, 0.6) is 0 Å². The SMILES string of the molecule is O=C(c1ccccc1CN1CC=CC1)c1ccccc1C(F)(F)F. The normalized spacial score (nSPS) is 15.0. The fraction of sp³-hybridized carbons (Fsp3) is 0.211. The number of hydrogen-bond acceptors (Lipinski definition) is 2. The van der Waals surface area contributed by atoms with Gasteiger partial charge < -0.3 is 0 Å². The van der Waals surface area contributed by atoms with E-state index < -0.39 is 17.5 Å². The molecule has 124 valence electrons. The summed E-state index contributed by atoms with van der Waals surface area (Å²) in [6.45, 7) is 2.09. The van der Waals surface area contributed by atoms with Gasteiger partial charge in [-0.1, -0.05) is 54.6 Å². The quantitative estimate of drug-likeness (QED) is 0.615. The Kier molecular flexibility index (Phi) is 4.53. The first-order valence-electron chi connectivity index (χ1n) is 7.63. The van der Waals surface area contributed by atoms with Gasteiger partial charge in [-0.25, -0.2) is 0 Å². The summed E-state index contributed by atoms with van der Waals surface area (Å²) in [6.07, 6.45) is -0.493. The molecule has 0 bridgehead atoms. The van der Waals surface area contributed by atoms with E-state index in [4.69, 9.17) is 0 Å². The Balaban J connectivity index is 1.97. The molecule has 2 aromatic carbocycles. The van der Waals surface area contributed by atoms with E-state index in [2.05, 4.69) is 4.90 Å². The maximum absolute atomic E-state index is 13.2. The van der Waals surface area contributed by atoms with Crippen molar-refractivity contribution < 1.29 is 18.0 Å². The summed E-state index contributed by atoms with van der Waals surface area (Å²) in [4.78, 5) is 14.9. The Morgan fingerprint density at radius 3 is 2.17 bits per heavy atom. The zero-order valence-corrected chi connectivity index (χ0v) is 12.9. The van der Waals surface area contributed by atoms with Crippen molar-refractivity contribution in [3.05, 3.63) is 82.9 Å². The van der Waals surface area contributed by atoms with Crippen molar-refractivity contribution >= 4 is 5.78 Å². The number of benzene rings is 2. The molecule has 0 radical (unpaired) electrons.